The molecule has 24 heavy (non-hydrogen) atoms. The summed E-state index contributed by atoms with van der Waals surface area (Å²) in [4.78, 5) is 4.52. The highest BCUT2D eigenvalue weighted by Crippen LogP contribution is 2.36. The first-order valence-corrected chi connectivity index (χ1v) is 8.89. The standard InChI is InChI=1S/C19H27N3O2/c1-14(2)23-17-10-6-5-9-16(17)13-20-19(11-7-4-8-12-19)18-21-15(3)24-22-18/h5-6,9-10,14,20H,4,7-8,11-13H2,1-3H3. The third kappa shape index (κ3) is 3.78. The van der Waals surface area contributed by atoms with Crippen LogP contribution in [-0.2, 0) is 12.1 Å². The zero-order chi connectivity index (χ0) is 17.0. The predicted molar refractivity (Wildman–Crippen MR) is 92.8 cm³/mol. The van der Waals surface area contributed by atoms with Crippen molar-refractivity contribution in [3.8, 4) is 5.75 Å². The van der Waals surface area contributed by atoms with E-state index in [1.54, 1.807) is 0 Å². The molecule has 0 spiro atoms. The molecular formula is C19H27N3O2. The average Bonchev–Trinajstić information content (AvgIpc) is 3.02. The molecule has 0 aliphatic heterocycles. The molecular weight excluding hydrogens is 302 g/mol. The Morgan fingerprint density at radius 1 is 1.21 bits per heavy atom. The SMILES string of the molecule is Cc1nc(C2(NCc3ccccc3OC(C)C)CCCCC2)no1. The fourth-order valence-corrected chi connectivity index (χ4v) is 3.41. The van der Waals surface area contributed by atoms with E-state index in [0.29, 0.717) is 5.89 Å². The topological polar surface area (TPSA) is 60.2 Å². The average molecular weight is 329 g/mol. The molecule has 0 unspecified atom stereocenters. The number of para-hydroxylation sites is 1. The fourth-order valence-electron chi connectivity index (χ4n) is 3.41. The van der Waals surface area contributed by atoms with Crippen LogP contribution < -0.4 is 10.1 Å². The third-order valence-corrected chi connectivity index (χ3v) is 4.62. The Labute approximate surface area is 143 Å². The van der Waals surface area contributed by atoms with Gasteiger partial charge in [-0.15, -0.1) is 0 Å². The monoisotopic (exact) mass is 329 g/mol. The molecule has 1 N–H and O–H groups in total. The molecule has 5 nitrogen and oxygen atoms in total. The molecule has 130 valence electrons. The molecule has 1 aromatic carbocycles. The number of aromatic nitrogens is 2. The van der Waals surface area contributed by atoms with E-state index in [0.717, 1.165) is 36.5 Å². The largest absolute Gasteiger partial charge is 0.491 e. The Bertz CT molecular complexity index is 660. The maximum atomic E-state index is 5.94. The number of nitrogens with one attached hydrogen (secondary N) is 1. The predicted octanol–water partition coefficient (Wildman–Crippen LogP) is 4.11. The second-order valence-electron chi connectivity index (χ2n) is 6.91. The number of benzene rings is 1. The Morgan fingerprint density at radius 3 is 2.62 bits per heavy atom. The quantitative estimate of drug-likeness (QED) is 0.864. The van der Waals surface area contributed by atoms with Crippen LogP contribution in [0.25, 0.3) is 0 Å². The molecule has 2 aromatic rings. The van der Waals surface area contributed by atoms with Crippen LogP contribution in [0.4, 0.5) is 0 Å². The van der Waals surface area contributed by atoms with Gasteiger partial charge in [0.25, 0.3) is 0 Å². The van der Waals surface area contributed by atoms with Gasteiger partial charge in [-0.05, 0) is 32.8 Å². The van der Waals surface area contributed by atoms with Gasteiger partial charge in [0.15, 0.2) is 5.82 Å². The fraction of sp³-hybridized carbons (Fsp3) is 0.579. The molecule has 1 aromatic heterocycles. The summed E-state index contributed by atoms with van der Waals surface area (Å²) in [5.74, 6) is 2.36. The minimum atomic E-state index is -0.193. The number of nitrogens with zero attached hydrogens (tertiary/aromatic N) is 2. The van der Waals surface area contributed by atoms with Crippen LogP contribution in [0.3, 0.4) is 0 Å². The van der Waals surface area contributed by atoms with Crippen LogP contribution in [0.15, 0.2) is 28.8 Å². The lowest BCUT2D eigenvalue weighted by molar-refractivity contribution is 0.206. The molecule has 1 heterocycles. The Morgan fingerprint density at radius 2 is 1.96 bits per heavy atom. The zero-order valence-electron chi connectivity index (χ0n) is 14.8. The number of ether oxygens (including phenoxy) is 1. The summed E-state index contributed by atoms with van der Waals surface area (Å²) in [7, 11) is 0. The van der Waals surface area contributed by atoms with Gasteiger partial charge in [-0.2, -0.15) is 4.98 Å². The molecule has 1 aliphatic carbocycles. The molecule has 1 saturated carbocycles. The maximum absolute atomic E-state index is 5.94. The van der Waals surface area contributed by atoms with Gasteiger partial charge >= 0.3 is 0 Å². The van der Waals surface area contributed by atoms with Gasteiger partial charge in [0.2, 0.25) is 5.89 Å². The molecule has 0 bridgehead atoms. The second-order valence-corrected chi connectivity index (χ2v) is 6.91. The van der Waals surface area contributed by atoms with Crippen molar-refractivity contribution < 1.29 is 9.26 Å². The molecule has 1 fully saturated rings. The van der Waals surface area contributed by atoms with Gasteiger partial charge in [-0.3, -0.25) is 0 Å². The minimum absolute atomic E-state index is 0.162. The van der Waals surface area contributed by atoms with Gasteiger partial charge in [-0.25, -0.2) is 0 Å². The van der Waals surface area contributed by atoms with Crippen LogP contribution in [0.2, 0.25) is 0 Å². The number of rotatable bonds is 6. The normalized spacial score (nSPS) is 17.2. The van der Waals surface area contributed by atoms with E-state index in [4.69, 9.17) is 9.26 Å². The Hall–Kier alpha value is -1.88. The van der Waals surface area contributed by atoms with E-state index in [-0.39, 0.29) is 11.6 Å². The number of hydrogen-bond donors (Lipinski definition) is 1. The van der Waals surface area contributed by atoms with Gasteiger partial charge in [0.1, 0.15) is 5.75 Å². The van der Waals surface area contributed by atoms with Crippen LogP contribution in [0, 0.1) is 6.92 Å². The highest BCUT2D eigenvalue weighted by Gasteiger charge is 2.37. The van der Waals surface area contributed by atoms with E-state index < -0.39 is 0 Å². The summed E-state index contributed by atoms with van der Waals surface area (Å²) in [5.41, 5.74) is 0.970. The first-order chi connectivity index (χ1) is 11.6. The van der Waals surface area contributed by atoms with Crippen LogP contribution in [-0.4, -0.2) is 16.2 Å². The second kappa shape index (κ2) is 7.34. The summed E-state index contributed by atoms with van der Waals surface area (Å²) in [6, 6.07) is 8.21. The Kier molecular flexibility index (Phi) is 5.19. The van der Waals surface area contributed by atoms with Crippen molar-refractivity contribution in [3.05, 3.63) is 41.5 Å². The maximum Gasteiger partial charge on any atom is 0.223 e. The van der Waals surface area contributed by atoms with E-state index >= 15 is 0 Å². The summed E-state index contributed by atoms with van der Waals surface area (Å²) in [6.45, 7) is 6.68. The lowest BCUT2D eigenvalue weighted by atomic mass is 9.81. The van der Waals surface area contributed by atoms with Gasteiger partial charge in [-0.1, -0.05) is 42.6 Å². The molecule has 0 saturated heterocycles. The molecule has 0 radical (unpaired) electrons. The summed E-state index contributed by atoms with van der Waals surface area (Å²) >= 11 is 0. The highest BCUT2D eigenvalue weighted by atomic mass is 16.5. The van der Waals surface area contributed by atoms with E-state index in [1.807, 2.05) is 19.1 Å². The Balaban J connectivity index is 1.80. The first kappa shape index (κ1) is 17.0. The molecule has 0 atom stereocenters. The smallest absolute Gasteiger partial charge is 0.223 e. The summed E-state index contributed by atoms with van der Waals surface area (Å²) in [5, 5.41) is 7.94. The van der Waals surface area contributed by atoms with Crippen molar-refractivity contribution in [1.29, 1.82) is 0 Å². The molecule has 3 rings (SSSR count). The van der Waals surface area contributed by atoms with Crippen molar-refractivity contribution in [2.24, 2.45) is 0 Å². The van der Waals surface area contributed by atoms with Crippen molar-refractivity contribution in [3.63, 3.8) is 0 Å². The van der Waals surface area contributed by atoms with E-state index in [9.17, 15) is 0 Å². The van der Waals surface area contributed by atoms with Crippen LogP contribution >= 0.6 is 0 Å². The van der Waals surface area contributed by atoms with Gasteiger partial charge < -0.3 is 14.6 Å². The van der Waals surface area contributed by atoms with Crippen molar-refractivity contribution in [1.82, 2.24) is 15.5 Å². The van der Waals surface area contributed by atoms with Crippen molar-refractivity contribution in [2.75, 3.05) is 0 Å². The van der Waals surface area contributed by atoms with Gasteiger partial charge in [0.05, 0.1) is 11.6 Å². The highest BCUT2D eigenvalue weighted by molar-refractivity contribution is 5.33. The van der Waals surface area contributed by atoms with E-state index in [2.05, 4.69) is 41.4 Å². The molecule has 5 heteroatoms. The zero-order valence-corrected chi connectivity index (χ0v) is 14.8. The lowest BCUT2D eigenvalue weighted by Gasteiger charge is -2.35. The minimum Gasteiger partial charge on any atom is -0.491 e. The van der Waals surface area contributed by atoms with Crippen molar-refractivity contribution >= 4 is 0 Å². The summed E-state index contributed by atoms with van der Waals surface area (Å²) < 4.78 is 11.2. The van der Waals surface area contributed by atoms with Gasteiger partial charge in [0, 0.05) is 19.0 Å². The third-order valence-electron chi connectivity index (χ3n) is 4.62. The van der Waals surface area contributed by atoms with Crippen molar-refractivity contribution in [2.45, 2.75) is 71.1 Å². The van der Waals surface area contributed by atoms with E-state index in [1.165, 1.54) is 19.3 Å². The first-order valence-electron chi connectivity index (χ1n) is 8.89. The summed E-state index contributed by atoms with van der Waals surface area (Å²) in [6.07, 6.45) is 5.89. The molecule has 0 amide bonds. The number of aryl methyl sites for hydroxylation is 1. The molecule has 1 aliphatic rings. The van der Waals surface area contributed by atoms with Crippen LogP contribution in [0.5, 0.6) is 5.75 Å². The number of hydrogen-bond acceptors (Lipinski definition) is 5. The lowest BCUT2D eigenvalue weighted by Crippen LogP contribution is -2.44. The van der Waals surface area contributed by atoms with Crippen LogP contribution in [0.1, 0.15) is 63.2 Å².